The van der Waals surface area contributed by atoms with Crippen LogP contribution in [0.2, 0.25) is 0 Å². The Morgan fingerprint density at radius 2 is 0.875 bits per heavy atom. The first-order valence-electron chi connectivity index (χ1n) is 17.0. The zero-order valence-electron chi connectivity index (χ0n) is 26.4. The molecule has 0 fully saturated rings. The molecular formula is C48H30. The van der Waals surface area contributed by atoms with Gasteiger partial charge in [-0.2, -0.15) is 0 Å². The van der Waals surface area contributed by atoms with Crippen molar-refractivity contribution in [3.05, 3.63) is 179 Å². The zero-order valence-corrected chi connectivity index (χ0v) is 26.4. The second-order valence-corrected chi connectivity index (χ2v) is 13.6. The third-order valence-electron chi connectivity index (χ3n) is 11.0. The molecule has 9 aromatic rings. The molecule has 0 saturated carbocycles. The van der Waals surface area contributed by atoms with E-state index in [1.807, 2.05) is 0 Å². The zero-order chi connectivity index (χ0) is 31.3. The van der Waals surface area contributed by atoms with Gasteiger partial charge in [0, 0.05) is 0 Å². The standard InChI is InChI=1S/C48H30/c1-2-9-33-25-37(24-32(33)8-1)46-40-14-5-6-15-41(40)47(38-26-34-10-3-4-11-35(34)27-38)44-28-36(20-23-43(44)46)39-21-18-31-17-16-29-12-7-13-30-19-22-42(39)48(31)45(29)30/h1-24,26,28H,25,27H2. The van der Waals surface area contributed by atoms with Crippen LogP contribution in [-0.2, 0) is 12.8 Å². The molecule has 0 aliphatic heterocycles. The van der Waals surface area contributed by atoms with E-state index in [4.69, 9.17) is 0 Å². The highest BCUT2D eigenvalue weighted by atomic mass is 14.3. The minimum absolute atomic E-state index is 0.950. The molecule has 11 rings (SSSR count). The van der Waals surface area contributed by atoms with Crippen LogP contribution in [-0.4, -0.2) is 0 Å². The lowest BCUT2D eigenvalue weighted by Crippen LogP contribution is -1.97. The monoisotopic (exact) mass is 606 g/mol. The first kappa shape index (κ1) is 26.1. The molecule has 2 aliphatic carbocycles. The van der Waals surface area contributed by atoms with Crippen molar-refractivity contribution in [2.45, 2.75) is 12.8 Å². The predicted molar refractivity (Wildman–Crippen MR) is 207 cm³/mol. The maximum Gasteiger partial charge on any atom is -0.00132 e. The molecule has 0 nitrogen and oxygen atoms in total. The Bertz CT molecular complexity index is 2860. The average molecular weight is 607 g/mol. The van der Waals surface area contributed by atoms with Gasteiger partial charge in [0.05, 0.1) is 0 Å². The second kappa shape index (κ2) is 9.77. The summed E-state index contributed by atoms with van der Waals surface area (Å²) < 4.78 is 0. The van der Waals surface area contributed by atoms with Gasteiger partial charge in [0.25, 0.3) is 0 Å². The fourth-order valence-corrected chi connectivity index (χ4v) is 8.91. The summed E-state index contributed by atoms with van der Waals surface area (Å²) in [5.74, 6) is 0. The van der Waals surface area contributed by atoms with Crippen LogP contribution in [0.15, 0.2) is 146 Å². The van der Waals surface area contributed by atoms with Crippen molar-refractivity contribution in [3.63, 3.8) is 0 Å². The van der Waals surface area contributed by atoms with Crippen molar-refractivity contribution in [3.8, 4) is 11.1 Å². The summed E-state index contributed by atoms with van der Waals surface area (Å²) in [5.41, 5.74) is 13.6. The molecule has 222 valence electrons. The summed E-state index contributed by atoms with van der Waals surface area (Å²) in [5, 5.41) is 13.3. The van der Waals surface area contributed by atoms with E-state index in [2.05, 4.69) is 158 Å². The highest BCUT2D eigenvalue weighted by Gasteiger charge is 2.24. The molecule has 0 aromatic heterocycles. The van der Waals surface area contributed by atoms with E-state index in [-0.39, 0.29) is 0 Å². The smallest absolute Gasteiger partial charge is 0.00132 e. The molecule has 0 atom stereocenters. The molecule has 0 N–H and O–H groups in total. The summed E-state index contributed by atoms with van der Waals surface area (Å²) in [4.78, 5) is 0. The largest absolute Gasteiger partial charge is 0.0619 e. The van der Waals surface area contributed by atoms with Gasteiger partial charge in [0.2, 0.25) is 0 Å². The molecular weight excluding hydrogens is 577 g/mol. The topological polar surface area (TPSA) is 0 Å². The number of hydrogen-bond acceptors (Lipinski definition) is 0. The Morgan fingerprint density at radius 3 is 1.54 bits per heavy atom. The summed E-state index contributed by atoms with van der Waals surface area (Å²) in [6.07, 6.45) is 6.77. The van der Waals surface area contributed by atoms with E-state index in [1.54, 1.807) is 0 Å². The summed E-state index contributed by atoms with van der Waals surface area (Å²) in [6, 6.07) is 54.6. The Labute approximate surface area is 279 Å². The quantitative estimate of drug-likeness (QED) is 0.139. The fraction of sp³-hybridized carbons (Fsp3) is 0.0417. The Morgan fingerprint density at radius 1 is 0.354 bits per heavy atom. The molecule has 0 radical (unpaired) electrons. The number of allylic oxidation sites excluding steroid dienone is 2. The van der Waals surface area contributed by atoms with E-state index in [0.29, 0.717) is 0 Å². The molecule has 0 saturated heterocycles. The Hall–Kier alpha value is -5.98. The van der Waals surface area contributed by atoms with Crippen molar-refractivity contribution in [2.24, 2.45) is 0 Å². The first-order chi connectivity index (χ1) is 23.8. The molecule has 0 spiro atoms. The van der Waals surface area contributed by atoms with Gasteiger partial charge in [0.1, 0.15) is 0 Å². The van der Waals surface area contributed by atoms with Gasteiger partial charge in [0.15, 0.2) is 0 Å². The SMILES string of the molecule is C1=C(c2c3ccccc3c(C3=Cc4ccccc4C3)c3cc(-c4ccc5ccc6cccc7ccc4c5c67)ccc23)Cc2ccccc21. The first-order valence-corrected chi connectivity index (χ1v) is 17.0. The van der Waals surface area contributed by atoms with Crippen molar-refractivity contribution >= 4 is 77.2 Å². The van der Waals surface area contributed by atoms with Gasteiger partial charge in [-0.1, -0.05) is 152 Å². The van der Waals surface area contributed by atoms with Crippen molar-refractivity contribution in [1.29, 1.82) is 0 Å². The minimum atomic E-state index is 0.950. The van der Waals surface area contributed by atoms with Crippen LogP contribution in [0.25, 0.3) is 88.3 Å². The lowest BCUT2D eigenvalue weighted by Gasteiger charge is -2.20. The molecule has 0 heterocycles. The molecule has 2 aliphatic rings. The molecule has 0 amide bonds. The maximum absolute atomic E-state index is 2.50. The van der Waals surface area contributed by atoms with Gasteiger partial charge in [-0.15, -0.1) is 0 Å². The average Bonchev–Trinajstić information content (AvgIpc) is 3.77. The Balaban J connectivity index is 1.22. The van der Waals surface area contributed by atoms with Gasteiger partial charge in [-0.25, -0.2) is 0 Å². The highest BCUT2D eigenvalue weighted by molar-refractivity contribution is 6.26. The lowest BCUT2D eigenvalue weighted by atomic mass is 9.83. The van der Waals surface area contributed by atoms with Crippen LogP contribution in [0.1, 0.15) is 33.4 Å². The third kappa shape index (κ3) is 3.66. The van der Waals surface area contributed by atoms with Crippen LogP contribution in [0.4, 0.5) is 0 Å². The van der Waals surface area contributed by atoms with E-state index in [9.17, 15) is 0 Å². The fourth-order valence-electron chi connectivity index (χ4n) is 8.91. The number of benzene rings is 9. The molecule has 0 heteroatoms. The Kier molecular flexibility index (Phi) is 5.32. The summed E-state index contributed by atoms with van der Waals surface area (Å²) in [6.45, 7) is 0. The summed E-state index contributed by atoms with van der Waals surface area (Å²) in [7, 11) is 0. The van der Waals surface area contributed by atoms with Crippen molar-refractivity contribution in [1.82, 2.24) is 0 Å². The van der Waals surface area contributed by atoms with Crippen molar-refractivity contribution < 1.29 is 0 Å². The summed E-state index contributed by atoms with van der Waals surface area (Å²) >= 11 is 0. The van der Waals surface area contributed by atoms with E-state index in [0.717, 1.165) is 12.8 Å². The number of hydrogen-bond donors (Lipinski definition) is 0. The number of rotatable bonds is 3. The van der Waals surface area contributed by atoms with Crippen LogP contribution < -0.4 is 0 Å². The normalized spacial score (nSPS) is 13.9. The van der Waals surface area contributed by atoms with Crippen LogP contribution >= 0.6 is 0 Å². The van der Waals surface area contributed by atoms with Gasteiger partial charge >= 0.3 is 0 Å². The van der Waals surface area contributed by atoms with E-state index >= 15 is 0 Å². The third-order valence-corrected chi connectivity index (χ3v) is 11.0. The van der Waals surface area contributed by atoms with Gasteiger partial charge in [-0.05, 0) is 128 Å². The predicted octanol–water partition coefficient (Wildman–Crippen LogP) is 12.8. The van der Waals surface area contributed by atoms with E-state index in [1.165, 1.54) is 110 Å². The maximum atomic E-state index is 2.50. The lowest BCUT2D eigenvalue weighted by molar-refractivity contribution is 1.32. The molecule has 48 heavy (non-hydrogen) atoms. The van der Waals surface area contributed by atoms with Crippen LogP contribution in [0.3, 0.4) is 0 Å². The van der Waals surface area contributed by atoms with Gasteiger partial charge in [-0.3, -0.25) is 0 Å². The van der Waals surface area contributed by atoms with Crippen LogP contribution in [0, 0.1) is 0 Å². The van der Waals surface area contributed by atoms with E-state index < -0.39 is 0 Å². The number of fused-ring (bicyclic) bond motifs is 4. The van der Waals surface area contributed by atoms with Crippen LogP contribution in [0.5, 0.6) is 0 Å². The minimum Gasteiger partial charge on any atom is -0.0619 e. The molecule has 9 aromatic carbocycles. The molecule has 0 unspecified atom stereocenters. The van der Waals surface area contributed by atoms with Crippen molar-refractivity contribution in [2.75, 3.05) is 0 Å². The highest BCUT2D eigenvalue weighted by Crippen LogP contribution is 2.47. The molecule has 0 bridgehead atoms. The second-order valence-electron chi connectivity index (χ2n) is 13.6. The van der Waals surface area contributed by atoms with Gasteiger partial charge < -0.3 is 0 Å².